The van der Waals surface area contributed by atoms with Crippen LogP contribution in [0.25, 0.3) is 0 Å². The molecule has 0 amide bonds. The van der Waals surface area contributed by atoms with Gasteiger partial charge in [0.2, 0.25) is 5.78 Å². The first-order valence-corrected chi connectivity index (χ1v) is 11.4. The first-order chi connectivity index (χ1) is 14.6. The lowest BCUT2D eigenvalue weighted by Gasteiger charge is -2.13. The summed E-state index contributed by atoms with van der Waals surface area (Å²) in [6, 6.07) is 29.9. The molecule has 0 atom stereocenters. The number of carbonyl (C=O) groups excluding carboxylic acids is 1. The van der Waals surface area contributed by atoms with Gasteiger partial charge in [-0.05, 0) is 118 Å². The number of hydrogen-bond donors (Lipinski definition) is 0. The molecule has 0 radical (unpaired) electrons. The zero-order valence-electron chi connectivity index (χ0n) is 15.7. The second kappa shape index (κ2) is 9.61. The van der Waals surface area contributed by atoms with Crippen LogP contribution < -0.4 is 9.47 Å². The van der Waals surface area contributed by atoms with Gasteiger partial charge in [-0.3, -0.25) is 4.79 Å². The van der Waals surface area contributed by atoms with Gasteiger partial charge in [0.15, 0.2) is 0 Å². The summed E-state index contributed by atoms with van der Waals surface area (Å²) in [6.45, 7) is 0. The first kappa shape index (κ1) is 20.9. The van der Waals surface area contributed by atoms with Crippen LogP contribution in [0.15, 0.2) is 97.1 Å². The number of benzene rings is 4. The molecule has 3 nitrogen and oxygen atoms in total. The van der Waals surface area contributed by atoms with Crippen molar-refractivity contribution in [2.45, 2.75) is 0 Å². The van der Waals surface area contributed by atoms with Crippen LogP contribution in [0.1, 0.15) is 15.9 Å². The molecule has 4 aromatic carbocycles. The highest BCUT2D eigenvalue weighted by Gasteiger charge is 2.19. The maximum Gasteiger partial charge on any atom is 0.200 e. The van der Waals surface area contributed by atoms with Crippen molar-refractivity contribution in [3.05, 3.63) is 115 Å². The summed E-state index contributed by atoms with van der Waals surface area (Å²) in [7, 11) is 0. The lowest BCUT2D eigenvalue weighted by Crippen LogP contribution is -2.05. The molecular weight excluding hydrogens is 602 g/mol. The van der Waals surface area contributed by atoms with Crippen molar-refractivity contribution in [1.82, 2.24) is 0 Å². The molecule has 0 heterocycles. The monoisotopic (exact) mass is 618 g/mol. The zero-order chi connectivity index (χ0) is 20.9. The fourth-order valence-corrected chi connectivity index (χ4v) is 3.61. The second-order valence-corrected chi connectivity index (χ2v) is 8.92. The summed E-state index contributed by atoms with van der Waals surface area (Å²) in [5.41, 5.74) is 0.962. The summed E-state index contributed by atoms with van der Waals surface area (Å²) in [6.07, 6.45) is 0. The molecule has 30 heavy (non-hydrogen) atoms. The Kier molecular flexibility index (Phi) is 6.69. The highest BCUT2D eigenvalue weighted by Crippen LogP contribution is 2.32. The van der Waals surface area contributed by atoms with E-state index in [1.54, 1.807) is 24.3 Å². The molecular formula is C25H16I2O3. The molecule has 5 heteroatoms. The third kappa shape index (κ3) is 5.02. The van der Waals surface area contributed by atoms with E-state index in [0.717, 1.165) is 7.14 Å². The lowest BCUT2D eigenvalue weighted by atomic mass is 10.0. The standard InChI is InChI=1S/C25H16I2O3/c26-17-9-13-19(14-10-17)29-23-7-3-1-5-21(23)25(28)22-6-2-4-8-24(22)30-20-15-11-18(27)12-16-20/h1-16H. The Morgan fingerprint density at radius 2 is 0.900 bits per heavy atom. The highest BCUT2D eigenvalue weighted by molar-refractivity contribution is 14.1. The van der Waals surface area contributed by atoms with Crippen LogP contribution in [0.4, 0.5) is 0 Å². The molecule has 0 aromatic heterocycles. The quantitative estimate of drug-likeness (QED) is 0.164. The van der Waals surface area contributed by atoms with E-state index in [0.29, 0.717) is 34.1 Å². The molecule has 0 spiro atoms. The van der Waals surface area contributed by atoms with Crippen molar-refractivity contribution >= 4 is 51.0 Å². The lowest BCUT2D eigenvalue weighted by molar-refractivity contribution is 0.103. The van der Waals surface area contributed by atoms with Crippen LogP contribution in [0.2, 0.25) is 0 Å². The average molecular weight is 618 g/mol. The summed E-state index contributed by atoms with van der Waals surface area (Å²) in [5, 5.41) is 0. The van der Waals surface area contributed by atoms with Gasteiger partial charge in [0.1, 0.15) is 23.0 Å². The molecule has 148 valence electrons. The van der Waals surface area contributed by atoms with Crippen molar-refractivity contribution in [2.75, 3.05) is 0 Å². The molecule has 0 fully saturated rings. The van der Waals surface area contributed by atoms with Gasteiger partial charge in [-0.2, -0.15) is 0 Å². The summed E-state index contributed by atoms with van der Waals surface area (Å²) in [4.78, 5) is 13.4. The van der Waals surface area contributed by atoms with Crippen LogP contribution in [-0.4, -0.2) is 5.78 Å². The summed E-state index contributed by atoms with van der Waals surface area (Å²) >= 11 is 4.49. The number of ether oxygens (including phenoxy) is 2. The molecule has 0 aliphatic heterocycles. The molecule has 0 unspecified atom stereocenters. The Balaban J connectivity index is 1.65. The predicted octanol–water partition coefficient (Wildman–Crippen LogP) is 7.71. The second-order valence-electron chi connectivity index (χ2n) is 6.43. The van der Waals surface area contributed by atoms with Gasteiger partial charge in [0, 0.05) is 7.14 Å². The van der Waals surface area contributed by atoms with Gasteiger partial charge in [0.25, 0.3) is 0 Å². The topological polar surface area (TPSA) is 35.5 Å². The van der Waals surface area contributed by atoms with Crippen molar-refractivity contribution in [1.29, 1.82) is 0 Å². The Hall–Kier alpha value is -2.39. The molecule has 0 aliphatic rings. The van der Waals surface area contributed by atoms with Crippen LogP contribution in [-0.2, 0) is 0 Å². The third-order valence-corrected chi connectivity index (χ3v) is 5.78. The number of carbonyl (C=O) groups is 1. The van der Waals surface area contributed by atoms with Gasteiger partial charge >= 0.3 is 0 Å². The van der Waals surface area contributed by atoms with E-state index in [4.69, 9.17) is 9.47 Å². The molecule has 4 rings (SSSR count). The number of rotatable bonds is 6. The summed E-state index contributed by atoms with van der Waals surface area (Å²) < 4.78 is 14.3. The van der Waals surface area contributed by atoms with E-state index in [1.165, 1.54) is 0 Å². The smallest absolute Gasteiger partial charge is 0.200 e. The number of hydrogen-bond acceptors (Lipinski definition) is 3. The van der Waals surface area contributed by atoms with E-state index < -0.39 is 0 Å². The largest absolute Gasteiger partial charge is 0.457 e. The Bertz CT molecular complexity index is 1080. The van der Waals surface area contributed by atoms with E-state index in [1.807, 2.05) is 72.8 Å². The molecule has 0 aliphatic carbocycles. The minimum absolute atomic E-state index is 0.155. The SMILES string of the molecule is O=C(c1ccccc1Oc1ccc(I)cc1)c1ccccc1Oc1ccc(I)cc1. The van der Waals surface area contributed by atoms with Crippen molar-refractivity contribution in [2.24, 2.45) is 0 Å². The Labute approximate surface area is 202 Å². The fourth-order valence-electron chi connectivity index (χ4n) is 2.89. The van der Waals surface area contributed by atoms with E-state index in [9.17, 15) is 4.79 Å². The highest BCUT2D eigenvalue weighted by atomic mass is 127. The van der Waals surface area contributed by atoms with E-state index in [-0.39, 0.29) is 5.78 Å². The van der Waals surface area contributed by atoms with Gasteiger partial charge in [-0.1, -0.05) is 24.3 Å². The minimum Gasteiger partial charge on any atom is -0.457 e. The molecule has 0 saturated heterocycles. The van der Waals surface area contributed by atoms with Crippen LogP contribution in [0.3, 0.4) is 0 Å². The maximum absolute atomic E-state index is 13.4. The molecule has 0 bridgehead atoms. The number of halogens is 2. The number of ketones is 1. The molecule has 0 N–H and O–H groups in total. The summed E-state index contributed by atoms with van der Waals surface area (Å²) in [5.74, 6) is 2.22. The van der Waals surface area contributed by atoms with E-state index in [2.05, 4.69) is 45.2 Å². The minimum atomic E-state index is -0.155. The maximum atomic E-state index is 13.4. The van der Waals surface area contributed by atoms with Gasteiger partial charge in [0.05, 0.1) is 11.1 Å². The van der Waals surface area contributed by atoms with Crippen molar-refractivity contribution < 1.29 is 14.3 Å². The first-order valence-electron chi connectivity index (χ1n) is 9.20. The Morgan fingerprint density at radius 3 is 1.30 bits per heavy atom. The third-order valence-electron chi connectivity index (χ3n) is 4.35. The van der Waals surface area contributed by atoms with Gasteiger partial charge < -0.3 is 9.47 Å². The molecule has 4 aromatic rings. The number of para-hydroxylation sites is 2. The Morgan fingerprint density at radius 1 is 0.533 bits per heavy atom. The van der Waals surface area contributed by atoms with Gasteiger partial charge in [-0.25, -0.2) is 0 Å². The van der Waals surface area contributed by atoms with Crippen LogP contribution in [0.5, 0.6) is 23.0 Å². The fraction of sp³-hybridized carbons (Fsp3) is 0. The van der Waals surface area contributed by atoms with Crippen molar-refractivity contribution in [3.63, 3.8) is 0 Å². The van der Waals surface area contributed by atoms with Gasteiger partial charge in [-0.15, -0.1) is 0 Å². The van der Waals surface area contributed by atoms with Crippen LogP contribution >= 0.6 is 45.2 Å². The zero-order valence-corrected chi connectivity index (χ0v) is 20.0. The molecule has 0 saturated carbocycles. The van der Waals surface area contributed by atoms with Crippen molar-refractivity contribution in [3.8, 4) is 23.0 Å². The predicted molar refractivity (Wildman–Crippen MR) is 135 cm³/mol. The average Bonchev–Trinajstić information content (AvgIpc) is 2.77. The van der Waals surface area contributed by atoms with Crippen LogP contribution in [0, 0.1) is 7.14 Å². The van der Waals surface area contributed by atoms with E-state index >= 15 is 0 Å². The normalized spacial score (nSPS) is 10.5.